The van der Waals surface area contributed by atoms with Crippen LogP contribution >= 0.6 is 0 Å². The van der Waals surface area contributed by atoms with Gasteiger partial charge in [0, 0.05) is 12.1 Å². The highest BCUT2D eigenvalue weighted by Gasteiger charge is 2.04. The molecule has 0 saturated heterocycles. The van der Waals surface area contributed by atoms with Crippen LogP contribution in [0.5, 0.6) is 0 Å². The molecule has 0 unspecified atom stereocenters. The van der Waals surface area contributed by atoms with Crippen molar-refractivity contribution in [3.8, 4) is 0 Å². The quantitative estimate of drug-likeness (QED) is 0.597. The maximum absolute atomic E-state index is 11.6. The smallest absolute Gasteiger partial charge is 0.250 e. The largest absolute Gasteiger partial charge is 0.497 e. The third-order valence-electron chi connectivity index (χ3n) is 2.51. The predicted molar refractivity (Wildman–Crippen MR) is 73.9 cm³/mol. The summed E-state index contributed by atoms with van der Waals surface area (Å²) in [5.74, 6) is 0.692. The van der Waals surface area contributed by atoms with Crippen LogP contribution in [0.1, 0.15) is 13.3 Å². The summed E-state index contributed by atoms with van der Waals surface area (Å²) in [7, 11) is 1.64. The lowest BCUT2D eigenvalue weighted by atomic mass is 10.2. The molecule has 0 aromatic rings. The molecule has 0 heterocycles. The Hall–Kier alpha value is -2.03. The van der Waals surface area contributed by atoms with Crippen LogP contribution in [0.2, 0.25) is 0 Å². The fourth-order valence-corrected chi connectivity index (χ4v) is 1.51. The van der Waals surface area contributed by atoms with E-state index in [1.807, 2.05) is 25.2 Å². The second kappa shape index (κ2) is 7.33. The first-order valence-corrected chi connectivity index (χ1v) is 5.88. The Labute approximate surface area is 108 Å². The summed E-state index contributed by atoms with van der Waals surface area (Å²) in [5, 5.41) is 2.82. The zero-order chi connectivity index (χ0) is 13.4. The molecule has 0 aliphatic heterocycles. The van der Waals surface area contributed by atoms with Crippen LogP contribution in [0.15, 0.2) is 59.9 Å². The molecule has 18 heavy (non-hydrogen) atoms. The number of carbonyl (C=O) groups is 1. The lowest BCUT2D eigenvalue weighted by Crippen LogP contribution is -2.25. The number of methoxy groups -OCH3 is 1. The SMILES string of the molecule is C=C(/C=C\C)C(=O)NCC1=CCC=C(OC)C=C1. The Kier molecular flexibility index (Phi) is 5.71. The molecule has 0 radical (unpaired) electrons. The zero-order valence-electron chi connectivity index (χ0n) is 10.9. The van der Waals surface area contributed by atoms with Crippen molar-refractivity contribution in [3.63, 3.8) is 0 Å². The number of nitrogens with one attached hydrogen (secondary N) is 1. The van der Waals surface area contributed by atoms with E-state index in [4.69, 9.17) is 4.74 Å². The monoisotopic (exact) mass is 245 g/mol. The summed E-state index contributed by atoms with van der Waals surface area (Å²) in [5.41, 5.74) is 1.52. The first-order valence-electron chi connectivity index (χ1n) is 5.88. The van der Waals surface area contributed by atoms with Gasteiger partial charge in [-0.3, -0.25) is 4.79 Å². The van der Waals surface area contributed by atoms with Crippen LogP contribution in [-0.2, 0) is 9.53 Å². The van der Waals surface area contributed by atoms with Crippen LogP contribution in [0.3, 0.4) is 0 Å². The summed E-state index contributed by atoms with van der Waals surface area (Å²) in [6, 6.07) is 0. The van der Waals surface area contributed by atoms with E-state index in [1.54, 1.807) is 19.3 Å². The highest BCUT2D eigenvalue weighted by atomic mass is 16.5. The first kappa shape index (κ1) is 14.0. The Morgan fingerprint density at radius 3 is 2.94 bits per heavy atom. The number of hydrogen-bond acceptors (Lipinski definition) is 2. The van der Waals surface area contributed by atoms with E-state index >= 15 is 0 Å². The second-order valence-electron chi connectivity index (χ2n) is 3.87. The van der Waals surface area contributed by atoms with Gasteiger partial charge in [-0.2, -0.15) is 0 Å². The number of allylic oxidation sites excluding steroid dienone is 4. The number of amides is 1. The summed E-state index contributed by atoms with van der Waals surface area (Å²) in [4.78, 5) is 11.6. The second-order valence-corrected chi connectivity index (χ2v) is 3.87. The zero-order valence-corrected chi connectivity index (χ0v) is 10.9. The van der Waals surface area contributed by atoms with Crippen molar-refractivity contribution in [2.45, 2.75) is 13.3 Å². The molecule has 0 aromatic heterocycles. The Balaban J connectivity index is 2.48. The lowest BCUT2D eigenvalue weighted by Gasteiger charge is -2.05. The molecule has 1 N–H and O–H groups in total. The van der Waals surface area contributed by atoms with Crippen molar-refractivity contribution >= 4 is 5.91 Å². The third kappa shape index (κ3) is 4.45. The van der Waals surface area contributed by atoms with Gasteiger partial charge in [-0.05, 0) is 31.1 Å². The first-order chi connectivity index (χ1) is 8.67. The van der Waals surface area contributed by atoms with Gasteiger partial charge < -0.3 is 10.1 Å². The Morgan fingerprint density at radius 2 is 2.28 bits per heavy atom. The predicted octanol–water partition coefficient (Wildman–Crippen LogP) is 2.65. The van der Waals surface area contributed by atoms with Crippen LogP contribution in [-0.4, -0.2) is 19.6 Å². The molecule has 0 aromatic carbocycles. The normalized spacial score (nSPS) is 14.8. The molecule has 0 spiro atoms. The molecule has 3 nitrogen and oxygen atoms in total. The number of ether oxygens (including phenoxy) is 1. The maximum atomic E-state index is 11.6. The summed E-state index contributed by atoms with van der Waals surface area (Å²) in [6.45, 7) is 6.04. The van der Waals surface area contributed by atoms with Crippen LogP contribution in [0.4, 0.5) is 0 Å². The van der Waals surface area contributed by atoms with Crippen LogP contribution < -0.4 is 5.32 Å². The average Bonchev–Trinajstić information content (AvgIpc) is 2.61. The summed E-state index contributed by atoms with van der Waals surface area (Å²) >= 11 is 0. The molecule has 1 amide bonds. The van der Waals surface area contributed by atoms with Crippen LogP contribution in [0.25, 0.3) is 0 Å². The van der Waals surface area contributed by atoms with Gasteiger partial charge in [-0.25, -0.2) is 0 Å². The van der Waals surface area contributed by atoms with E-state index < -0.39 is 0 Å². The number of rotatable bonds is 5. The highest BCUT2D eigenvalue weighted by Crippen LogP contribution is 2.10. The number of carbonyl (C=O) groups excluding carboxylic acids is 1. The highest BCUT2D eigenvalue weighted by molar-refractivity contribution is 5.95. The van der Waals surface area contributed by atoms with Gasteiger partial charge in [0.2, 0.25) is 0 Å². The Bertz CT molecular complexity index is 439. The average molecular weight is 245 g/mol. The molecule has 0 atom stereocenters. The van der Waals surface area contributed by atoms with E-state index in [2.05, 4.69) is 18.0 Å². The van der Waals surface area contributed by atoms with Gasteiger partial charge in [0.1, 0.15) is 5.76 Å². The van der Waals surface area contributed by atoms with E-state index in [-0.39, 0.29) is 5.91 Å². The topological polar surface area (TPSA) is 38.3 Å². The molecule has 0 bridgehead atoms. The summed E-state index contributed by atoms with van der Waals surface area (Å²) < 4.78 is 5.15. The molecule has 3 heteroatoms. The van der Waals surface area contributed by atoms with E-state index in [9.17, 15) is 4.79 Å². The van der Waals surface area contributed by atoms with Crippen molar-refractivity contribution in [1.82, 2.24) is 5.32 Å². The van der Waals surface area contributed by atoms with Crippen molar-refractivity contribution in [2.24, 2.45) is 0 Å². The number of hydrogen-bond donors (Lipinski definition) is 1. The molecule has 1 aliphatic carbocycles. The standard InChI is InChI=1S/C15H19NO2/c1-4-6-12(2)15(17)16-11-13-7-5-8-14(18-3)10-9-13/h4,6-10H,2,5,11H2,1,3H3,(H,16,17)/b6-4-. The van der Waals surface area contributed by atoms with E-state index in [1.165, 1.54) is 0 Å². The molecular weight excluding hydrogens is 226 g/mol. The molecular formula is C15H19NO2. The Morgan fingerprint density at radius 1 is 1.50 bits per heavy atom. The molecule has 1 rings (SSSR count). The molecule has 0 fully saturated rings. The van der Waals surface area contributed by atoms with Crippen LogP contribution in [0, 0.1) is 0 Å². The maximum Gasteiger partial charge on any atom is 0.250 e. The lowest BCUT2D eigenvalue weighted by molar-refractivity contribution is -0.117. The van der Waals surface area contributed by atoms with Gasteiger partial charge in [-0.15, -0.1) is 0 Å². The van der Waals surface area contributed by atoms with Crippen molar-refractivity contribution in [1.29, 1.82) is 0 Å². The van der Waals surface area contributed by atoms with E-state index in [0.717, 1.165) is 17.8 Å². The van der Waals surface area contributed by atoms with Gasteiger partial charge in [-0.1, -0.05) is 30.9 Å². The van der Waals surface area contributed by atoms with Crippen molar-refractivity contribution in [2.75, 3.05) is 13.7 Å². The minimum absolute atomic E-state index is 0.147. The van der Waals surface area contributed by atoms with Crippen molar-refractivity contribution in [3.05, 3.63) is 59.9 Å². The van der Waals surface area contributed by atoms with Gasteiger partial charge >= 0.3 is 0 Å². The van der Waals surface area contributed by atoms with Crippen molar-refractivity contribution < 1.29 is 9.53 Å². The molecule has 0 saturated carbocycles. The fourth-order valence-electron chi connectivity index (χ4n) is 1.51. The minimum atomic E-state index is -0.147. The molecule has 96 valence electrons. The van der Waals surface area contributed by atoms with E-state index in [0.29, 0.717) is 12.1 Å². The van der Waals surface area contributed by atoms with Gasteiger partial charge in [0.05, 0.1) is 7.11 Å². The molecule has 1 aliphatic rings. The van der Waals surface area contributed by atoms with Gasteiger partial charge in [0.25, 0.3) is 5.91 Å². The van der Waals surface area contributed by atoms with Gasteiger partial charge in [0.15, 0.2) is 0 Å². The minimum Gasteiger partial charge on any atom is -0.497 e. The summed E-state index contributed by atoms with van der Waals surface area (Å²) in [6.07, 6.45) is 12.2. The third-order valence-corrected chi connectivity index (χ3v) is 2.51. The fraction of sp³-hybridized carbons (Fsp3) is 0.267.